The lowest BCUT2D eigenvalue weighted by atomic mass is 10.1. The second-order valence-electron chi connectivity index (χ2n) is 7.93. The highest BCUT2D eigenvalue weighted by atomic mass is 16.5. The first-order valence-electron chi connectivity index (χ1n) is 11.0. The maximum Gasteiger partial charge on any atom is 0.307 e. The summed E-state index contributed by atoms with van der Waals surface area (Å²) in [5, 5.41) is 13.9. The maximum atomic E-state index is 11.3. The van der Waals surface area contributed by atoms with Crippen LogP contribution in [0.2, 0.25) is 0 Å². The molecule has 0 aliphatic carbocycles. The van der Waals surface area contributed by atoms with Crippen LogP contribution >= 0.6 is 0 Å². The molecule has 35 heavy (non-hydrogen) atoms. The van der Waals surface area contributed by atoms with Crippen molar-refractivity contribution in [3.8, 4) is 28.8 Å². The number of benzene rings is 1. The summed E-state index contributed by atoms with van der Waals surface area (Å²) in [5.74, 6) is 1.17. The van der Waals surface area contributed by atoms with Gasteiger partial charge in [-0.1, -0.05) is 36.4 Å². The van der Waals surface area contributed by atoms with Gasteiger partial charge in [0.25, 0.3) is 5.89 Å². The lowest BCUT2D eigenvalue weighted by molar-refractivity contribution is -0.136. The van der Waals surface area contributed by atoms with Gasteiger partial charge in [-0.05, 0) is 24.6 Å². The van der Waals surface area contributed by atoms with Gasteiger partial charge in [0.15, 0.2) is 5.76 Å². The summed E-state index contributed by atoms with van der Waals surface area (Å²) in [6.45, 7) is 2.48. The number of oxazole rings is 1. The Balaban J connectivity index is 1.26. The smallest absolute Gasteiger partial charge is 0.307 e. The van der Waals surface area contributed by atoms with Crippen LogP contribution in [0.3, 0.4) is 0 Å². The molecule has 0 spiro atoms. The molecule has 5 rings (SSSR count). The number of rotatable bonds is 9. The SMILES string of the molecule is Cc1oc(-c2ccco2)nc1COc1ccc(Cn2cc(CC(=O)O)c(-c3ccccc3)n2)cn1. The number of hydrogen-bond donors (Lipinski definition) is 1. The van der Waals surface area contributed by atoms with Crippen molar-refractivity contribution >= 4 is 5.97 Å². The van der Waals surface area contributed by atoms with Crippen LogP contribution in [0, 0.1) is 6.92 Å². The van der Waals surface area contributed by atoms with Gasteiger partial charge < -0.3 is 18.7 Å². The van der Waals surface area contributed by atoms with Crippen LogP contribution in [-0.2, 0) is 24.4 Å². The van der Waals surface area contributed by atoms with Crippen molar-refractivity contribution in [1.82, 2.24) is 19.7 Å². The fourth-order valence-electron chi connectivity index (χ4n) is 3.66. The van der Waals surface area contributed by atoms with Gasteiger partial charge in [-0.3, -0.25) is 9.48 Å². The Bertz CT molecular complexity index is 1420. The Kier molecular flexibility index (Phi) is 6.13. The molecular weight excluding hydrogens is 448 g/mol. The Labute approximate surface area is 200 Å². The average molecular weight is 470 g/mol. The van der Waals surface area contributed by atoms with Crippen molar-refractivity contribution in [2.45, 2.75) is 26.5 Å². The van der Waals surface area contributed by atoms with Gasteiger partial charge in [0.2, 0.25) is 5.88 Å². The number of carboxylic acids is 1. The fourth-order valence-corrected chi connectivity index (χ4v) is 3.66. The molecule has 1 N–H and O–H groups in total. The highest BCUT2D eigenvalue weighted by Crippen LogP contribution is 2.24. The van der Waals surface area contributed by atoms with E-state index in [-0.39, 0.29) is 13.0 Å². The average Bonchev–Trinajstić information content (AvgIpc) is 3.60. The van der Waals surface area contributed by atoms with Crippen LogP contribution in [0.1, 0.15) is 22.6 Å². The van der Waals surface area contributed by atoms with E-state index in [4.69, 9.17) is 13.6 Å². The predicted octanol–water partition coefficient (Wildman–Crippen LogP) is 4.76. The van der Waals surface area contributed by atoms with Crippen LogP contribution < -0.4 is 4.74 Å². The van der Waals surface area contributed by atoms with Gasteiger partial charge in [-0.2, -0.15) is 5.10 Å². The number of carbonyl (C=O) groups is 1. The van der Waals surface area contributed by atoms with Gasteiger partial charge in [0.1, 0.15) is 18.1 Å². The predicted molar refractivity (Wildman–Crippen MR) is 126 cm³/mol. The summed E-state index contributed by atoms with van der Waals surface area (Å²) < 4.78 is 18.5. The van der Waals surface area contributed by atoms with Gasteiger partial charge in [-0.25, -0.2) is 9.97 Å². The van der Waals surface area contributed by atoms with Crippen molar-refractivity contribution in [1.29, 1.82) is 0 Å². The molecule has 0 bridgehead atoms. The summed E-state index contributed by atoms with van der Waals surface area (Å²) in [7, 11) is 0. The molecule has 0 saturated carbocycles. The number of furan rings is 1. The summed E-state index contributed by atoms with van der Waals surface area (Å²) in [5.41, 5.74) is 3.77. The molecule has 9 nitrogen and oxygen atoms in total. The summed E-state index contributed by atoms with van der Waals surface area (Å²) in [6.07, 6.45) is 4.94. The monoisotopic (exact) mass is 470 g/mol. The quantitative estimate of drug-likeness (QED) is 0.328. The minimum atomic E-state index is -0.900. The fraction of sp³-hybridized carbons (Fsp3) is 0.154. The number of pyridine rings is 1. The molecule has 5 aromatic rings. The molecule has 176 valence electrons. The first-order valence-corrected chi connectivity index (χ1v) is 11.0. The van der Waals surface area contributed by atoms with E-state index in [1.807, 2.05) is 43.3 Å². The maximum absolute atomic E-state index is 11.3. The molecule has 1 aromatic carbocycles. The van der Waals surface area contributed by atoms with Crippen molar-refractivity contribution in [3.05, 3.63) is 95.8 Å². The summed E-state index contributed by atoms with van der Waals surface area (Å²) in [6, 6.07) is 16.8. The zero-order chi connectivity index (χ0) is 24.2. The van der Waals surface area contributed by atoms with E-state index in [1.54, 1.807) is 41.5 Å². The topological polar surface area (TPSA) is 116 Å². The number of hydrogen-bond acceptors (Lipinski definition) is 7. The summed E-state index contributed by atoms with van der Waals surface area (Å²) in [4.78, 5) is 20.1. The zero-order valence-corrected chi connectivity index (χ0v) is 18.9. The van der Waals surface area contributed by atoms with E-state index in [2.05, 4.69) is 15.1 Å². The Morgan fingerprint density at radius 1 is 1.11 bits per heavy atom. The van der Waals surface area contributed by atoms with Gasteiger partial charge in [-0.15, -0.1) is 0 Å². The van der Waals surface area contributed by atoms with Crippen LogP contribution in [-0.4, -0.2) is 30.8 Å². The van der Waals surface area contributed by atoms with E-state index < -0.39 is 5.97 Å². The molecular formula is C26H22N4O5. The molecule has 0 fully saturated rings. The first-order chi connectivity index (χ1) is 17.0. The van der Waals surface area contributed by atoms with Crippen LogP contribution in [0.25, 0.3) is 22.9 Å². The largest absolute Gasteiger partial charge is 0.481 e. The van der Waals surface area contributed by atoms with Crippen molar-refractivity contribution in [2.75, 3.05) is 0 Å². The number of nitrogens with zero attached hydrogens (tertiary/aromatic N) is 4. The molecule has 4 aromatic heterocycles. The highest BCUT2D eigenvalue weighted by Gasteiger charge is 2.16. The number of carboxylic acid groups (broad SMARTS) is 1. The molecule has 0 atom stereocenters. The van der Waals surface area contributed by atoms with Crippen LogP contribution in [0.15, 0.2) is 82.1 Å². The standard InChI is InChI=1S/C26H22N4O5/c1-17-21(28-26(35-17)22-8-5-11-33-22)16-34-23-10-9-18(13-27-23)14-30-15-20(12-24(31)32)25(29-30)19-6-3-2-4-7-19/h2-11,13,15H,12,14,16H2,1H3,(H,31,32). The second kappa shape index (κ2) is 9.68. The molecule has 0 unspecified atom stereocenters. The van der Waals surface area contributed by atoms with E-state index in [0.29, 0.717) is 46.8 Å². The first kappa shape index (κ1) is 22.1. The minimum Gasteiger partial charge on any atom is -0.481 e. The number of aryl methyl sites for hydroxylation is 1. The molecule has 0 aliphatic heterocycles. The van der Waals surface area contributed by atoms with Gasteiger partial charge in [0.05, 0.1) is 24.9 Å². The number of aromatic nitrogens is 4. The molecule has 0 aliphatic rings. The third kappa shape index (κ3) is 5.14. The Morgan fingerprint density at radius 2 is 1.97 bits per heavy atom. The van der Waals surface area contributed by atoms with E-state index in [0.717, 1.165) is 11.1 Å². The highest BCUT2D eigenvalue weighted by molar-refractivity contribution is 5.74. The normalized spacial score (nSPS) is 11.0. The van der Waals surface area contributed by atoms with Gasteiger partial charge >= 0.3 is 5.97 Å². The van der Waals surface area contributed by atoms with E-state index >= 15 is 0 Å². The molecule has 0 amide bonds. The second-order valence-corrected chi connectivity index (χ2v) is 7.93. The third-order valence-electron chi connectivity index (χ3n) is 5.35. The van der Waals surface area contributed by atoms with Gasteiger partial charge in [0, 0.05) is 29.6 Å². The van der Waals surface area contributed by atoms with Crippen molar-refractivity contribution in [2.24, 2.45) is 0 Å². The lowest BCUT2D eigenvalue weighted by Gasteiger charge is -2.05. The molecule has 9 heteroatoms. The minimum absolute atomic E-state index is 0.0989. The zero-order valence-electron chi connectivity index (χ0n) is 18.9. The number of aliphatic carboxylic acids is 1. The van der Waals surface area contributed by atoms with Crippen molar-refractivity contribution < 1.29 is 23.5 Å². The van der Waals surface area contributed by atoms with Crippen molar-refractivity contribution in [3.63, 3.8) is 0 Å². The molecule has 4 heterocycles. The summed E-state index contributed by atoms with van der Waals surface area (Å²) >= 11 is 0. The lowest BCUT2D eigenvalue weighted by Crippen LogP contribution is -2.03. The Morgan fingerprint density at radius 3 is 2.69 bits per heavy atom. The molecule has 0 saturated heterocycles. The van der Waals surface area contributed by atoms with Crippen LogP contribution in [0.5, 0.6) is 5.88 Å². The third-order valence-corrected chi connectivity index (χ3v) is 5.35. The number of ether oxygens (including phenoxy) is 1. The van der Waals surface area contributed by atoms with E-state index in [9.17, 15) is 9.90 Å². The van der Waals surface area contributed by atoms with E-state index in [1.165, 1.54) is 0 Å². The van der Waals surface area contributed by atoms with Crippen LogP contribution in [0.4, 0.5) is 0 Å². The molecule has 0 radical (unpaired) electrons. The Hall–Kier alpha value is -4.66.